The van der Waals surface area contributed by atoms with Gasteiger partial charge in [-0.25, -0.2) is 9.67 Å². The Hall–Kier alpha value is -2.16. The Kier molecular flexibility index (Phi) is 5.70. The molecule has 0 amide bonds. The van der Waals surface area contributed by atoms with E-state index in [0.29, 0.717) is 0 Å². The van der Waals surface area contributed by atoms with Crippen LogP contribution < -0.4 is 0 Å². The molecule has 3 nitrogen and oxygen atoms in total. The summed E-state index contributed by atoms with van der Waals surface area (Å²) < 4.78 is 2.02. The molecule has 116 valence electrons. The molecule has 0 bridgehead atoms. The lowest BCUT2D eigenvalue weighted by Gasteiger charge is -2.21. The highest BCUT2D eigenvalue weighted by molar-refractivity contribution is 5.71. The Labute approximate surface area is 133 Å². The van der Waals surface area contributed by atoms with Crippen molar-refractivity contribution in [3.8, 4) is 0 Å². The fraction of sp³-hybridized carbons (Fsp3) is 0.368. The molecule has 0 saturated carbocycles. The first-order chi connectivity index (χ1) is 10.8. The average molecular weight is 295 g/mol. The van der Waals surface area contributed by atoms with Gasteiger partial charge in [-0.1, -0.05) is 50.8 Å². The minimum Gasteiger partial charge on any atom is -0.217 e. The van der Waals surface area contributed by atoms with Crippen molar-refractivity contribution in [2.45, 2.75) is 46.5 Å². The molecule has 22 heavy (non-hydrogen) atoms. The lowest BCUT2D eigenvalue weighted by Crippen LogP contribution is -2.14. The minimum absolute atomic E-state index is 0.799. The van der Waals surface area contributed by atoms with E-state index in [0.717, 1.165) is 42.9 Å². The molecule has 2 heterocycles. The van der Waals surface area contributed by atoms with E-state index in [2.05, 4.69) is 18.7 Å². The molecule has 2 aliphatic rings. The van der Waals surface area contributed by atoms with Crippen LogP contribution in [0.15, 0.2) is 48.6 Å². The van der Waals surface area contributed by atoms with E-state index in [1.807, 2.05) is 43.7 Å². The molecular weight excluding hydrogens is 270 g/mol. The van der Waals surface area contributed by atoms with Gasteiger partial charge in [-0.3, -0.25) is 0 Å². The molecule has 0 N–H and O–H groups in total. The molecule has 0 spiro atoms. The van der Waals surface area contributed by atoms with Gasteiger partial charge in [0.05, 0.1) is 5.70 Å². The SMILES string of the molecule is C=C/C=C\C(=C/C)c1nc2n(n1)C1=C(CCC=C1)CC2.CC. The number of rotatable bonds is 3. The van der Waals surface area contributed by atoms with Gasteiger partial charge >= 0.3 is 0 Å². The Morgan fingerprint density at radius 3 is 2.82 bits per heavy atom. The van der Waals surface area contributed by atoms with Crippen LogP contribution in [0.1, 0.15) is 51.7 Å². The van der Waals surface area contributed by atoms with Gasteiger partial charge in [-0.2, -0.15) is 0 Å². The van der Waals surface area contributed by atoms with Crippen LogP contribution in [-0.2, 0) is 6.42 Å². The third kappa shape index (κ3) is 3.19. The van der Waals surface area contributed by atoms with Gasteiger partial charge in [0, 0.05) is 12.0 Å². The zero-order chi connectivity index (χ0) is 15.9. The third-order valence-electron chi connectivity index (χ3n) is 3.78. The highest BCUT2D eigenvalue weighted by atomic mass is 15.4. The zero-order valence-corrected chi connectivity index (χ0v) is 13.8. The van der Waals surface area contributed by atoms with Gasteiger partial charge < -0.3 is 0 Å². The molecule has 0 saturated heterocycles. The van der Waals surface area contributed by atoms with Crippen molar-refractivity contribution in [3.63, 3.8) is 0 Å². The number of allylic oxidation sites excluding steroid dienone is 9. The molecule has 3 rings (SSSR count). The summed E-state index contributed by atoms with van der Waals surface area (Å²) in [5, 5.41) is 4.70. The van der Waals surface area contributed by atoms with Crippen molar-refractivity contribution < 1.29 is 0 Å². The predicted octanol–water partition coefficient (Wildman–Crippen LogP) is 4.96. The Morgan fingerprint density at radius 2 is 2.09 bits per heavy atom. The van der Waals surface area contributed by atoms with Crippen molar-refractivity contribution in [2.24, 2.45) is 0 Å². The molecule has 1 aliphatic heterocycles. The zero-order valence-electron chi connectivity index (χ0n) is 13.8. The maximum absolute atomic E-state index is 4.70. The number of hydrogen-bond acceptors (Lipinski definition) is 2. The molecule has 0 radical (unpaired) electrons. The molecule has 0 aromatic carbocycles. The first-order valence-corrected chi connectivity index (χ1v) is 8.14. The summed E-state index contributed by atoms with van der Waals surface area (Å²) in [4.78, 5) is 4.70. The summed E-state index contributed by atoms with van der Waals surface area (Å²) in [7, 11) is 0. The Bertz CT molecular complexity index is 654. The lowest BCUT2D eigenvalue weighted by atomic mass is 9.95. The van der Waals surface area contributed by atoms with Crippen LogP contribution in [0.3, 0.4) is 0 Å². The van der Waals surface area contributed by atoms with Crippen molar-refractivity contribution in [1.82, 2.24) is 14.8 Å². The number of hydrogen-bond donors (Lipinski definition) is 0. The predicted molar refractivity (Wildman–Crippen MR) is 94.3 cm³/mol. The van der Waals surface area contributed by atoms with Crippen molar-refractivity contribution in [3.05, 3.63) is 60.3 Å². The standard InChI is InChI=1S/C17H19N3.C2H6/c1-3-5-8-13(4-2)17-18-16-12-11-14-9-6-7-10-15(14)20(16)19-17;1-2/h3-5,7-8,10H,1,6,9,11-12H2,2H3;1-2H3/b8-5-,13-4+;. The smallest absolute Gasteiger partial charge is 0.181 e. The molecule has 1 aromatic rings. The van der Waals surface area contributed by atoms with Crippen LogP contribution >= 0.6 is 0 Å². The summed E-state index contributed by atoms with van der Waals surface area (Å²) in [6, 6.07) is 0. The van der Waals surface area contributed by atoms with Crippen LogP contribution in [0.25, 0.3) is 11.3 Å². The van der Waals surface area contributed by atoms with E-state index in [1.54, 1.807) is 6.08 Å². The molecule has 0 atom stereocenters. The summed E-state index contributed by atoms with van der Waals surface area (Å²) in [6.07, 6.45) is 16.6. The number of aromatic nitrogens is 3. The van der Waals surface area contributed by atoms with Crippen molar-refractivity contribution >= 4 is 11.3 Å². The van der Waals surface area contributed by atoms with E-state index in [4.69, 9.17) is 10.1 Å². The Morgan fingerprint density at radius 1 is 1.27 bits per heavy atom. The monoisotopic (exact) mass is 295 g/mol. The van der Waals surface area contributed by atoms with Crippen LogP contribution in [0.4, 0.5) is 0 Å². The van der Waals surface area contributed by atoms with Gasteiger partial charge in [0.1, 0.15) is 5.82 Å². The van der Waals surface area contributed by atoms with Gasteiger partial charge in [0.15, 0.2) is 5.82 Å². The maximum atomic E-state index is 4.70. The first kappa shape index (κ1) is 16.2. The first-order valence-electron chi connectivity index (χ1n) is 8.14. The number of nitrogens with zero attached hydrogens (tertiary/aromatic N) is 3. The second kappa shape index (κ2) is 7.74. The van der Waals surface area contributed by atoms with E-state index < -0.39 is 0 Å². The topological polar surface area (TPSA) is 30.7 Å². The summed E-state index contributed by atoms with van der Waals surface area (Å²) in [6.45, 7) is 9.71. The van der Waals surface area contributed by atoms with E-state index in [1.165, 1.54) is 11.3 Å². The highest BCUT2D eigenvalue weighted by Gasteiger charge is 2.22. The highest BCUT2D eigenvalue weighted by Crippen LogP contribution is 2.31. The molecule has 0 fully saturated rings. The van der Waals surface area contributed by atoms with E-state index in [9.17, 15) is 0 Å². The van der Waals surface area contributed by atoms with E-state index >= 15 is 0 Å². The average Bonchev–Trinajstić information content (AvgIpc) is 3.02. The molecule has 3 heteroatoms. The second-order valence-corrected chi connectivity index (χ2v) is 5.03. The van der Waals surface area contributed by atoms with Gasteiger partial charge in [-0.15, -0.1) is 5.10 Å². The second-order valence-electron chi connectivity index (χ2n) is 5.03. The number of aryl methyl sites for hydroxylation is 1. The van der Waals surface area contributed by atoms with Crippen molar-refractivity contribution in [1.29, 1.82) is 0 Å². The summed E-state index contributed by atoms with van der Waals surface area (Å²) >= 11 is 0. The van der Waals surface area contributed by atoms with Crippen LogP contribution in [-0.4, -0.2) is 14.8 Å². The lowest BCUT2D eigenvalue weighted by molar-refractivity contribution is 0.706. The Balaban J connectivity index is 0.000000847. The van der Waals surface area contributed by atoms with Gasteiger partial charge in [-0.05, 0) is 37.8 Å². The molecule has 0 unspecified atom stereocenters. The van der Waals surface area contributed by atoms with Crippen molar-refractivity contribution in [2.75, 3.05) is 0 Å². The fourth-order valence-electron chi connectivity index (χ4n) is 2.73. The van der Waals surface area contributed by atoms with Crippen LogP contribution in [0.5, 0.6) is 0 Å². The summed E-state index contributed by atoms with van der Waals surface area (Å²) in [5.41, 5.74) is 3.79. The number of fused-ring (bicyclic) bond motifs is 2. The maximum Gasteiger partial charge on any atom is 0.181 e. The van der Waals surface area contributed by atoms with Crippen LogP contribution in [0.2, 0.25) is 0 Å². The normalized spacial score (nSPS) is 17.0. The quantitative estimate of drug-likeness (QED) is 0.738. The fourth-order valence-corrected chi connectivity index (χ4v) is 2.73. The molecule has 1 aliphatic carbocycles. The van der Waals surface area contributed by atoms with E-state index in [-0.39, 0.29) is 0 Å². The third-order valence-corrected chi connectivity index (χ3v) is 3.78. The molecule has 1 aromatic heterocycles. The minimum atomic E-state index is 0.799. The largest absolute Gasteiger partial charge is 0.217 e. The molecular formula is C19H25N3. The van der Waals surface area contributed by atoms with Gasteiger partial charge in [0.2, 0.25) is 0 Å². The summed E-state index contributed by atoms with van der Waals surface area (Å²) in [5.74, 6) is 1.87. The van der Waals surface area contributed by atoms with Gasteiger partial charge in [0.25, 0.3) is 0 Å². The van der Waals surface area contributed by atoms with Crippen LogP contribution in [0, 0.1) is 0 Å².